The zero-order valence-electron chi connectivity index (χ0n) is 38.7. The summed E-state index contributed by atoms with van der Waals surface area (Å²) < 4.78 is 75.1. The topological polar surface area (TPSA) is 284 Å². The van der Waals surface area contributed by atoms with Crippen molar-refractivity contribution >= 4 is 149 Å². The minimum Gasteiger partial charge on any atom is -0.871 e. The average Bonchev–Trinajstić information content (AvgIpc) is 3.34. The van der Waals surface area contributed by atoms with Crippen molar-refractivity contribution in [3.05, 3.63) is 166 Å². The number of phenols is 1. The summed E-state index contributed by atoms with van der Waals surface area (Å²) in [6.45, 7) is 2.82. The summed E-state index contributed by atoms with van der Waals surface area (Å²) >= 11 is 12.5. The molecule has 368 valence electrons. The van der Waals surface area contributed by atoms with E-state index in [1.807, 2.05) is 0 Å². The smallest absolute Gasteiger partial charge is 0.871 e. The van der Waals surface area contributed by atoms with Crippen LogP contribution in [0, 0.1) is 13.8 Å². The third kappa shape index (κ3) is 12.7. The molecule has 0 spiro atoms. The number of hydrogen-bond donors (Lipinski definition) is 4. The number of carbonyl (C=O) groups excluding carboxylic acids is 1. The van der Waals surface area contributed by atoms with Crippen molar-refractivity contribution in [3.8, 4) is 23.0 Å². The first kappa shape index (κ1) is 55.6. The number of nitrogens with one attached hydrogen (secondary N) is 1. The summed E-state index contributed by atoms with van der Waals surface area (Å²) in [6, 6.07) is 34.9. The number of benzene rings is 8. The number of azo groups is 2. The number of aromatic hydroxyl groups is 1. The van der Waals surface area contributed by atoms with Gasteiger partial charge in [-0.2, -0.15) is 21.9 Å². The fourth-order valence-electron chi connectivity index (χ4n) is 7.14. The van der Waals surface area contributed by atoms with Gasteiger partial charge in [-0.15, -0.1) is 15.3 Å². The number of amides is 1. The van der Waals surface area contributed by atoms with Gasteiger partial charge in [0.1, 0.15) is 28.6 Å². The van der Waals surface area contributed by atoms with Gasteiger partial charge in [0, 0.05) is 28.6 Å². The summed E-state index contributed by atoms with van der Waals surface area (Å²) in [6.07, 6.45) is 0. The van der Waals surface area contributed by atoms with Crippen LogP contribution in [0.15, 0.2) is 169 Å². The molecule has 0 aliphatic rings. The van der Waals surface area contributed by atoms with E-state index in [1.54, 1.807) is 97.1 Å². The number of ether oxygens (including phenoxy) is 2. The van der Waals surface area contributed by atoms with E-state index in [9.17, 15) is 46.1 Å². The zero-order chi connectivity index (χ0) is 52.1. The van der Waals surface area contributed by atoms with E-state index in [4.69, 9.17) is 32.7 Å². The fourth-order valence-corrected chi connectivity index (χ4v) is 9.12. The first-order valence-corrected chi connectivity index (χ1v) is 24.5. The molecule has 0 radical (unpaired) electrons. The Morgan fingerprint density at radius 2 is 1.10 bits per heavy atom. The zero-order valence-corrected chi connectivity index (χ0v) is 44.1. The molecule has 0 atom stereocenters. The maximum atomic E-state index is 13.3. The van der Waals surface area contributed by atoms with Crippen LogP contribution < -0.4 is 25.0 Å². The van der Waals surface area contributed by atoms with Gasteiger partial charge in [0.2, 0.25) is 0 Å². The van der Waals surface area contributed by atoms with E-state index in [0.29, 0.717) is 44.4 Å². The maximum Gasteiger partial charge on any atom is 2.00 e. The number of hydrogen-bond acceptors (Lipinski definition) is 15. The molecular formula is C50H38CaCl2N6O12S2. The van der Waals surface area contributed by atoms with E-state index in [1.165, 1.54) is 52.3 Å². The van der Waals surface area contributed by atoms with Crippen LogP contribution in [0.3, 0.4) is 0 Å². The van der Waals surface area contributed by atoms with E-state index in [-0.39, 0.29) is 103 Å². The molecule has 0 saturated heterocycles. The van der Waals surface area contributed by atoms with Crippen molar-refractivity contribution in [3.63, 3.8) is 0 Å². The molecule has 8 aromatic rings. The molecule has 0 aliphatic carbocycles. The van der Waals surface area contributed by atoms with Gasteiger partial charge < -0.3 is 30.1 Å². The Balaban J connectivity index is 0.000000235. The largest absolute Gasteiger partial charge is 2.00 e. The maximum absolute atomic E-state index is 13.3. The van der Waals surface area contributed by atoms with Gasteiger partial charge in [0.05, 0.1) is 51.0 Å². The summed E-state index contributed by atoms with van der Waals surface area (Å²) in [4.78, 5) is 16.4. The number of halogens is 2. The second-order valence-corrected chi connectivity index (χ2v) is 18.9. The van der Waals surface area contributed by atoms with Gasteiger partial charge in [-0.25, -0.2) is 0 Å². The molecule has 0 bridgehead atoms. The Hall–Kier alpha value is -6.72. The Kier molecular flexibility index (Phi) is 17.8. The molecule has 8 aromatic carbocycles. The average molecular weight is 1090 g/mol. The van der Waals surface area contributed by atoms with Crippen LogP contribution in [0.5, 0.6) is 23.0 Å². The molecule has 1 amide bonds. The first-order chi connectivity index (χ1) is 34.2. The molecule has 0 aromatic heterocycles. The summed E-state index contributed by atoms with van der Waals surface area (Å²) in [7, 11) is -5.95. The van der Waals surface area contributed by atoms with Crippen molar-refractivity contribution < 1.29 is 55.5 Å². The number of phenolic OH excluding ortho intramolecular Hbond substituents is 1. The second kappa shape index (κ2) is 23.4. The van der Waals surface area contributed by atoms with Gasteiger partial charge in [0.25, 0.3) is 26.1 Å². The van der Waals surface area contributed by atoms with Crippen LogP contribution in [-0.4, -0.2) is 94.8 Å². The van der Waals surface area contributed by atoms with Crippen LogP contribution in [0.4, 0.5) is 34.1 Å². The molecule has 0 saturated carbocycles. The summed E-state index contributed by atoms with van der Waals surface area (Å²) in [5, 5.41) is 58.4. The predicted molar refractivity (Wildman–Crippen MR) is 275 cm³/mol. The molecule has 0 heterocycles. The molecule has 0 fully saturated rings. The number of nitrogens with zero attached hydrogens (tertiary/aromatic N) is 5. The van der Waals surface area contributed by atoms with Gasteiger partial charge in [-0.1, -0.05) is 89.6 Å². The Labute approximate surface area is 457 Å². The van der Waals surface area contributed by atoms with E-state index >= 15 is 0 Å². The van der Waals surface area contributed by atoms with Gasteiger partial charge in [-0.3, -0.25) is 18.9 Å². The van der Waals surface area contributed by atoms with Crippen LogP contribution in [0.1, 0.15) is 27.0 Å². The molecule has 0 unspecified atom stereocenters. The second-order valence-electron chi connectivity index (χ2n) is 15.4. The van der Waals surface area contributed by atoms with Crippen LogP contribution in [0.2, 0.25) is 10.0 Å². The summed E-state index contributed by atoms with van der Waals surface area (Å²) in [5.74, 6) is -1.36. The van der Waals surface area contributed by atoms with E-state index in [2.05, 4.69) is 30.8 Å². The van der Waals surface area contributed by atoms with E-state index < -0.39 is 43.5 Å². The van der Waals surface area contributed by atoms with Crippen molar-refractivity contribution in [2.75, 3.05) is 19.5 Å². The Morgan fingerprint density at radius 3 is 1.63 bits per heavy atom. The van der Waals surface area contributed by atoms with Crippen LogP contribution >= 0.6 is 23.2 Å². The standard InChI is InChI=1S/2C25H20ClN3O6S.Ca/c2*1-14-21(36(32,33)34)11-10-20(22(14)26)28-29-23-18-9-4-3-6-15(18)12-19(24(23)30)25(31)27-16-7-5-8-17(13-16)35-2;/h2*3-13,30H,1-2H3,(H,27,31)(H,32,33,34);/q;;+2/p-2. The Bertz CT molecular complexity index is 3790. The van der Waals surface area contributed by atoms with E-state index in [0.717, 1.165) is 12.1 Å². The fraction of sp³-hybridized carbons (Fsp3) is 0.0800. The van der Waals surface area contributed by atoms with Crippen LogP contribution in [0.25, 0.3) is 21.5 Å². The number of carbonyl (C=O) groups is 1. The quantitative estimate of drug-likeness (QED) is 0.0292. The molecule has 23 heteroatoms. The molecule has 8 rings (SSSR count). The minimum absolute atomic E-state index is 0. The van der Waals surface area contributed by atoms with Gasteiger partial charge >= 0.3 is 37.7 Å². The van der Waals surface area contributed by atoms with Crippen LogP contribution in [-0.2, 0) is 20.2 Å². The van der Waals surface area contributed by atoms with Gasteiger partial charge in [-0.05, 0) is 108 Å². The number of methoxy groups -OCH3 is 2. The Morgan fingerprint density at radius 1 is 0.616 bits per heavy atom. The normalized spacial score (nSPS) is 11.9. The predicted octanol–water partition coefficient (Wildman–Crippen LogP) is 11.0. The third-order valence-electron chi connectivity index (χ3n) is 10.8. The molecule has 73 heavy (non-hydrogen) atoms. The number of anilines is 1. The number of fused-ring (bicyclic) bond motifs is 2. The first-order valence-electron chi connectivity index (χ1n) is 20.9. The minimum atomic E-state index is -4.48. The van der Waals surface area contributed by atoms with Gasteiger partial charge in [0.15, 0.2) is 5.75 Å². The van der Waals surface area contributed by atoms with Crippen molar-refractivity contribution in [2.45, 2.75) is 23.6 Å². The molecule has 18 nitrogen and oxygen atoms in total. The SMILES string of the molecule is COc1cccc(N=C([O-])c2cc3ccccc3c(N=Nc3ccc(S(=O)(=O)O)c(C)c3Cl)c2[O-])c1.COc1cccc(NC(=O)c2cc3ccccc3c(N=Nc3ccc(S(=O)(=O)O)c(C)c3Cl)c2O)c1.[Ca+2]. The van der Waals surface area contributed by atoms with Crippen molar-refractivity contribution in [2.24, 2.45) is 25.4 Å². The molecular weight excluding hydrogens is 1050 g/mol. The number of aliphatic imine (C=N–C) groups is 1. The monoisotopic (exact) mass is 1090 g/mol. The summed E-state index contributed by atoms with van der Waals surface area (Å²) in [5.41, 5.74) is 0.817. The number of rotatable bonds is 12. The van der Waals surface area contributed by atoms with Crippen molar-refractivity contribution in [1.29, 1.82) is 0 Å². The third-order valence-corrected chi connectivity index (χ3v) is 13.7. The van der Waals surface area contributed by atoms with Crippen molar-refractivity contribution in [1.82, 2.24) is 0 Å². The molecule has 0 aliphatic heterocycles. The molecule has 4 N–H and O–H groups in total.